The van der Waals surface area contributed by atoms with E-state index in [0.717, 1.165) is 12.8 Å². The van der Waals surface area contributed by atoms with E-state index in [4.69, 9.17) is 23.2 Å². The minimum Gasteiger partial charge on any atom is -0.346 e. The predicted octanol–water partition coefficient (Wildman–Crippen LogP) is 3.87. The van der Waals surface area contributed by atoms with Crippen LogP contribution >= 0.6 is 34.5 Å². The molecule has 0 atom stereocenters. The van der Waals surface area contributed by atoms with Gasteiger partial charge in [0.15, 0.2) is 0 Å². The molecule has 0 saturated carbocycles. The lowest BCUT2D eigenvalue weighted by Gasteiger charge is -2.05. The second kappa shape index (κ2) is 5.72. The highest BCUT2D eigenvalue weighted by Crippen LogP contribution is 2.30. The third kappa shape index (κ3) is 2.82. The smallest absolute Gasteiger partial charge is 0.271 e. The fourth-order valence-corrected chi connectivity index (χ4v) is 3.85. The summed E-state index contributed by atoms with van der Waals surface area (Å²) in [6, 6.07) is 5.32. The molecule has 0 aliphatic heterocycles. The number of carbonyl (C=O) groups excluding carboxylic acids is 1. The maximum Gasteiger partial charge on any atom is 0.271 e. The zero-order valence-corrected chi connectivity index (χ0v) is 12.9. The van der Waals surface area contributed by atoms with E-state index < -0.39 is 0 Å². The number of rotatable bonds is 3. The number of fused-ring (bicyclic) bond motifs is 1. The summed E-state index contributed by atoms with van der Waals surface area (Å²) in [6.07, 6.45) is 3.56. The van der Waals surface area contributed by atoms with E-state index >= 15 is 0 Å². The first-order valence-electron chi connectivity index (χ1n) is 6.34. The number of pyridine rings is 1. The number of hydrogen-bond acceptors (Lipinski definition) is 3. The molecule has 20 heavy (non-hydrogen) atoms. The third-order valence-electron chi connectivity index (χ3n) is 3.25. The number of aryl methyl sites for hydroxylation is 2. The van der Waals surface area contributed by atoms with Gasteiger partial charge in [0, 0.05) is 9.75 Å². The van der Waals surface area contributed by atoms with Gasteiger partial charge in [-0.25, -0.2) is 4.98 Å². The Labute approximate surface area is 130 Å². The van der Waals surface area contributed by atoms with Gasteiger partial charge in [0.05, 0.1) is 11.6 Å². The summed E-state index contributed by atoms with van der Waals surface area (Å²) in [5, 5.41) is 3.40. The maximum atomic E-state index is 12.1. The molecular formula is C14H12Cl2N2OS. The SMILES string of the molecule is O=C(NCc1cc2c(s1)CCC2)c1nc(Cl)ccc1Cl. The zero-order chi connectivity index (χ0) is 14.1. The summed E-state index contributed by atoms with van der Waals surface area (Å²) in [7, 11) is 0. The topological polar surface area (TPSA) is 42.0 Å². The second-order valence-electron chi connectivity index (χ2n) is 4.66. The Morgan fingerprint density at radius 1 is 1.35 bits per heavy atom. The Hall–Kier alpha value is -1.10. The van der Waals surface area contributed by atoms with Gasteiger partial charge >= 0.3 is 0 Å². The molecule has 0 fully saturated rings. The summed E-state index contributed by atoms with van der Waals surface area (Å²) < 4.78 is 0. The van der Waals surface area contributed by atoms with Crippen LogP contribution in [0.15, 0.2) is 18.2 Å². The molecule has 6 heteroatoms. The van der Waals surface area contributed by atoms with E-state index in [9.17, 15) is 4.79 Å². The van der Waals surface area contributed by atoms with E-state index in [1.54, 1.807) is 23.5 Å². The van der Waals surface area contributed by atoms with Crippen molar-refractivity contribution in [2.24, 2.45) is 0 Å². The van der Waals surface area contributed by atoms with Gasteiger partial charge in [-0.1, -0.05) is 23.2 Å². The monoisotopic (exact) mass is 326 g/mol. The molecule has 104 valence electrons. The molecule has 0 aromatic carbocycles. The quantitative estimate of drug-likeness (QED) is 0.870. The molecular weight excluding hydrogens is 315 g/mol. The summed E-state index contributed by atoms with van der Waals surface area (Å²) >= 11 is 13.5. The van der Waals surface area contributed by atoms with Crippen molar-refractivity contribution in [3.63, 3.8) is 0 Å². The maximum absolute atomic E-state index is 12.1. The Morgan fingerprint density at radius 3 is 3.00 bits per heavy atom. The van der Waals surface area contributed by atoms with Crippen LogP contribution in [0.4, 0.5) is 0 Å². The van der Waals surface area contributed by atoms with Gasteiger partial charge in [-0.15, -0.1) is 11.3 Å². The van der Waals surface area contributed by atoms with Crippen molar-refractivity contribution in [3.8, 4) is 0 Å². The summed E-state index contributed by atoms with van der Waals surface area (Å²) in [6.45, 7) is 0.501. The normalized spacial score (nSPS) is 13.3. The van der Waals surface area contributed by atoms with Crippen molar-refractivity contribution < 1.29 is 4.79 Å². The Bertz CT molecular complexity index is 648. The first-order chi connectivity index (χ1) is 9.63. The van der Waals surface area contributed by atoms with Crippen molar-refractivity contribution in [1.29, 1.82) is 0 Å². The number of hydrogen-bond donors (Lipinski definition) is 1. The van der Waals surface area contributed by atoms with Crippen molar-refractivity contribution in [2.75, 3.05) is 0 Å². The fourth-order valence-electron chi connectivity index (χ4n) is 2.31. The van der Waals surface area contributed by atoms with E-state index in [0.29, 0.717) is 11.6 Å². The first-order valence-corrected chi connectivity index (χ1v) is 7.91. The van der Waals surface area contributed by atoms with E-state index in [1.807, 2.05) is 0 Å². The van der Waals surface area contributed by atoms with Crippen molar-refractivity contribution in [1.82, 2.24) is 10.3 Å². The van der Waals surface area contributed by atoms with Gasteiger partial charge < -0.3 is 5.32 Å². The van der Waals surface area contributed by atoms with Crippen LogP contribution in [0.2, 0.25) is 10.2 Å². The lowest BCUT2D eigenvalue weighted by molar-refractivity contribution is 0.0946. The van der Waals surface area contributed by atoms with E-state index in [-0.39, 0.29) is 16.8 Å². The molecule has 2 heterocycles. The molecule has 0 radical (unpaired) electrons. The number of carbonyl (C=O) groups is 1. The minimum absolute atomic E-state index is 0.170. The number of aromatic nitrogens is 1. The lowest BCUT2D eigenvalue weighted by atomic mass is 10.2. The van der Waals surface area contributed by atoms with Crippen LogP contribution in [0.25, 0.3) is 0 Å². The summed E-state index contributed by atoms with van der Waals surface area (Å²) in [4.78, 5) is 18.6. The highest BCUT2D eigenvalue weighted by Gasteiger charge is 2.16. The molecule has 0 spiro atoms. The molecule has 2 aromatic heterocycles. The molecule has 1 amide bonds. The highest BCUT2D eigenvalue weighted by molar-refractivity contribution is 7.12. The highest BCUT2D eigenvalue weighted by atomic mass is 35.5. The van der Waals surface area contributed by atoms with Gasteiger partial charge in [-0.2, -0.15) is 0 Å². The molecule has 0 bridgehead atoms. The summed E-state index contributed by atoms with van der Waals surface area (Å²) in [5.41, 5.74) is 1.60. The van der Waals surface area contributed by atoms with E-state index in [1.165, 1.54) is 21.7 Å². The molecule has 1 N–H and O–H groups in total. The average molecular weight is 327 g/mol. The van der Waals surface area contributed by atoms with Gasteiger partial charge in [0.1, 0.15) is 10.8 Å². The van der Waals surface area contributed by atoms with Gasteiger partial charge in [-0.3, -0.25) is 4.79 Å². The molecule has 2 aromatic rings. The number of nitrogens with zero attached hydrogens (tertiary/aromatic N) is 1. The number of nitrogens with one attached hydrogen (secondary N) is 1. The Morgan fingerprint density at radius 2 is 2.20 bits per heavy atom. The summed E-state index contributed by atoms with van der Waals surface area (Å²) in [5.74, 6) is -0.300. The minimum atomic E-state index is -0.300. The second-order valence-corrected chi connectivity index (χ2v) is 6.68. The van der Waals surface area contributed by atoms with Gasteiger partial charge in [0.2, 0.25) is 0 Å². The van der Waals surface area contributed by atoms with Crippen molar-refractivity contribution in [2.45, 2.75) is 25.8 Å². The largest absolute Gasteiger partial charge is 0.346 e. The van der Waals surface area contributed by atoms with Crippen LogP contribution in [-0.4, -0.2) is 10.9 Å². The third-order valence-corrected chi connectivity index (χ3v) is 5.00. The molecule has 3 nitrogen and oxygen atoms in total. The van der Waals surface area contributed by atoms with Crippen LogP contribution in [0, 0.1) is 0 Å². The van der Waals surface area contributed by atoms with Crippen molar-refractivity contribution >= 4 is 40.4 Å². The molecule has 1 aliphatic rings. The molecule has 3 rings (SSSR count). The molecule has 0 unspecified atom stereocenters. The number of thiophene rings is 1. The van der Waals surface area contributed by atoms with Crippen LogP contribution in [0.3, 0.4) is 0 Å². The van der Waals surface area contributed by atoms with Crippen LogP contribution < -0.4 is 5.32 Å². The number of amides is 1. The first kappa shape index (κ1) is 13.9. The van der Waals surface area contributed by atoms with E-state index in [2.05, 4.69) is 16.4 Å². The Kier molecular flexibility index (Phi) is 3.96. The lowest BCUT2D eigenvalue weighted by Crippen LogP contribution is -2.23. The predicted molar refractivity (Wildman–Crippen MR) is 81.8 cm³/mol. The number of halogens is 2. The van der Waals surface area contributed by atoms with Gasteiger partial charge in [-0.05, 0) is 43.0 Å². The van der Waals surface area contributed by atoms with Crippen LogP contribution in [-0.2, 0) is 19.4 Å². The molecule has 1 aliphatic carbocycles. The van der Waals surface area contributed by atoms with Crippen molar-refractivity contribution in [3.05, 3.63) is 49.4 Å². The van der Waals surface area contributed by atoms with Crippen LogP contribution in [0.5, 0.6) is 0 Å². The zero-order valence-electron chi connectivity index (χ0n) is 10.6. The molecule has 0 saturated heterocycles. The van der Waals surface area contributed by atoms with Crippen LogP contribution in [0.1, 0.15) is 32.2 Å². The fraction of sp³-hybridized carbons (Fsp3) is 0.286. The average Bonchev–Trinajstić information content (AvgIpc) is 2.99. The standard InChI is InChI=1S/C14H12Cl2N2OS/c15-10-4-5-12(16)18-13(10)14(19)17-7-9-6-8-2-1-3-11(8)20-9/h4-6H,1-3,7H2,(H,17,19). The Balaban J connectivity index is 1.68. The van der Waals surface area contributed by atoms with Gasteiger partial charge in [0.25, 0.3) is 5.91 Å².